The second-order valence-corrected chi connectivity index (χ2v) is 5.24. The van der Waals surface area contributed by atoms with Gasteiger partial charge in [0.1, 0.15) is 0 Å². The summed E-state index contributed by atoms with van der Waals surface area (Å²) >= 11 is 1.20. The van der Waals surface area contributed by atoms with E-state index in [0.717, 1.165) is 0 Å². The molecule has 0 spiro atoms. The molecule has 0 aromatic heterocycles. The van der Waals surface area contributed by atoms with Gasteiger partial charge < -0.3 is 0 Å². The second kappa shape index (κ2) is 7.52. The molecule has 0 N–H and O–H groups in total. The summed E-state index contributed by atoms with van der Waals surface area (Å²) in [7, 11) is 0. The predicted molar refractivity (Wildman–Crippen MR) is 72.3 cm³/mol. The van der Waals surface area contributed by atoms with Gasteiger partial charge in [-0.1, -0.05) is 49.0 Å². The maximum absolute atomic E-state index is 12.9. The van der Waals surface area contributed by atoms with Crippen LogP contribution in [0.15, 0.2) is 30.3 Å². The maximum atomic E-state index is 12.9. The van der Waals surface area contributed by atoms with Gasteiger partial charge in [-0.2, -0.15) is 0 Å². The summed E-state index contributed by atoms with van der Waals surface area (Å²) in [4.78, 5) is 11.7. The van der Waals surface area contributed by atoms with Crippen molar-refractivity contribution in [2.75, 3.05) is 5.75 Å². The zero-order valence-electron chi connectivity index (χ0n) is 10.5. The molecule has 0 heterocycles. The largest absolute Gasteiger partial charge is 0.282 e. The van der Waals surface area contributed by atoms with Crippen molar-refractivity contribution in [1.29, 1.82) is 0 Å². The van der Waals surface area contributed by atoms with Gasteiger partial charge in [0.25, 0.3) is 0 Å². The third kappa shape index (κ3) is 5.63. The molecule has 0 bridgehead atoms. The smallest absolute Gasteiger partial charge is 0.247 e. The van der Waals surface area contributed by atoms with E-state index in [0.29, 0.717) is 24.2 Å². The van der Waals surface area contributed by atoms with Crippen LogP contribution in [0.1, 0.15) is 43.0 Å². The van der Waals surface area contributed by atoms with Gasteiger partial charge in [0.15, 0.2) is 0 Å². The standard InChI is InChI=1S/C14H18F2OS/c1-2-14(15,16)10-6-7-11-18-13(17)12-8-4-3-5-9-12/h3-5,8-9H,2,6-7,10-11H2,1H3. The van der Waals surface area contributed by atoms with Crippen LogP contribution in [0.5, 0.6) is 0 Å². The van der Waals surface area contributed by atoms with Crippen LogP contribution in [0.25, 0.3) is 0 Å². The lowest BCUT2D eigenvalue weighted by atomic mass is 10.1. The van der Waals surface area contributed by atoms with E-state index >= 15 is 0 Å². The molecule has 0 atom stereocenters. The average molecular weight is 272 g/mol. The first-order chi connectivity index (χ1) is 8.55. The van der Waals surface area contributed by atoms with Gasteiger partial charge in [0.05, 0.1) is 0 Å². The van der Waals surface area contributed by atoms with Gasteiger partial charge in [-0.05, 0) is 12.8 Å². The first-order valence-electron chi connectivity index (χ1n) is 6.15. The molecule has 0 aliphatic rings. The Morgan fingerprint density at radius 3 is 2.50 bits per heavy atom. The fourth-order valence-electron chi connectivity index (χ4n) is 1.48. The third-order valence-corrected chi connectivity index (χ3v) is 3.69. The van der Waals surface area contributed by atoms with Crippen molar-refractivity contribution in [3.8, 4) is 0 Å². The number of halogens is 2. The molecule has 1 aromatic carbocycles. The molecule has 1 nitrogen and oxygen atoms in total. The SMILES string of the molecule is CCC(F)(F)CCCCSC(=O)c1ccccc1. The van der Waals surface area contributed by atoms with E-state index in [2.05, 4.69) is 0 Å². The van der Waals surface area contributed by atoms with Gasteiger partial charge in [-0.3, -0.25) is 4.79 Å². The zero-order chi connectivity index (χ0) is 13.4. The number of unbranched alkanes of at least 4 members (excludes halogenated alkanes) is 1. The van der Waals surface area contributed by atoms with Crippen LogP contribution in [0.3, 0.4) is 0 Å². The van der Waals surface area contributed by atoms with Crippen molar-refractivity contribution in [3.63, 3.8) is 0 Å². The van der Waals surface area contributed by atoms with Gasteiger partial charge in [-0.15, -0.1) is 0 Å². The van der Waals surface area contributed by atoms with E-state index < -0.39 is 5.92 Å². The quantitative estimate of drug-likeness (QED) is 0.665. The first-order valence-corrected chi connectivity index (χ1v) is 7.14. The molecule has 1 rings (SSSR count). The van der Waals surface area contributed by atoms with Crippen molar-refractivity contribution in [2.24, 2.45) is 0 Å². The molecule has 4 heteroatoms. The van der Waals surface area contributed by atoms with E-state index in [-0.39, 0.29) is 18.0 Å². The number of carbonyl (C=O) groups excluding carboxylic acids is 1. The van der Waals surface area contributed by atoms with Crippen LogP contribution in [0, 0.1) is 0 Å². The summed E-state index contributed by atoms with van der Waals surface area (Å²) in [6, 6.07) is 9.01. The Bertz CT molecular complexity index is 365. The Morgan fingerprint density at radius 1 is 1.22 bits per heavy atom. The Hall–Kier alpha value is -0.900. The fraction of sp³-hybridized carbons (Fsp3) is 0.500. The first kappa shape index (κ1) is 15.2. The van der Waals surface area contributed by atoms with Crippen molar-refractivity contribution < 1.29 is 13.6 Å². The summed E-state index contributed by atoms with van der Waals surface area (Å²) < 4.78 is 25.9. The Kier molecular flexibility index (Phi) is 6.33. The van der Waals surface area contributed by atoms with Gasteiger partial charge in [0.2, 0.25) is 11.0 Å². The Labute approximate surface area is 111 Å². The number of benzene rings is 1. The zero-order valence-corrected chi connectivity index (χ0v) is 11.3. The van der Waals surface area contributed by atoms with Gasteiger partial charge in [-0.25, -0.2) is 8.78 Å². The lowest BCUT2D eigenvalue weighted by molar-refractivity contribution is -0.0132. The molecule has 100 valence electrons. The summed E-state index contributed by atoms with van der Waals surface area (Å²) in [5, 5.41) is 0.0119. The average Bonchev–Trinajstić information content (AvgIpc) is 2.39. The van der Waals surface area contributed by atoms with Crippen molar-refractivity contribution in [3.05, 3.63) is 35.9 Å². The van der Waals surface area contributed by atoms with Crippen LogP contribution in [0.2, 0.25) is 0 Å². The van der Waals surface area contributed by atoms with E-state index in [1.165, 1.54) is 18.7 Å². The summed E-state index contributed by atoms with van der Waals surface area (Å²) in [5.74, 6) is -1.94. The Balaban J connectivity index is 2.17. The second-order valence-electron chi connectivity index (χ2n) is 4.17. The monoisotopic (exact) mass is 272 g/mol. The van der Waals surface area contributed by atoms with Gasteiger partial charge >= 0.3 is 0 Å². The number of rotatable bonds is 7. The number of thioether (sulfide) groups is 1. The highest BCUT2D eigenvalue weighted by Crippen LogP contribution is 2.25. The van der Waals surface area contributed by atoms with Crippen molar-refractivity contribution >= 4 is 16.9 Å². The molecule has 0 radical (unpaired) electrons. The normalized spacial score (nSPS) is 11.5. The van der Waals surface area contributed by atoms with Crippen molar-refractivity contribution in [2.45, 2.75) is 38.5 Å². The fourth-order valence-corrected chi connectivity index (χ4v) is 2.32. The molecule has 18 heavy (non-hydrogen) atoms. The topological polar surface area (TPSA) is 17.1 Å². The highest BCUT2D eigenvalue weighted by atomic mass is 32.2. The van der Waals surface area contributed by atoms with Crippen LogP contribution < -0.4 is 0 Å². The molecular formula is C14H18F2OS. The molecule has 0 aliphatic heterocycles. The summed E-state index contributed by atoms with van der Waals surface area (Å²) in [6.45, 7) is 1.49. The molecule has 0 aliphatic carbocycles. The summed E-state index contributed by atoms with van der Waals surface area (Å²) in [5.41, 5.74) is 0.668. The number of carbonyl (C=O) groups is 1. The predicted octanol–water partition coefficient (Wildman–Crippen LogP) is 4.78. The Morgan fingerprint density at radius 2 is 1.89 bits per heavy atom. The number of hydrogen-bond acceptors (Lipinski definition) is 2. The third-order valence-electron chi connectivity index (χ3n) is 2.70. The van der Waals surface area contributed by atoms with Crippen LogP contribution >= 0.6 is 11.8 Å². The van der Waals surface area contributed by atoms with E-state index in [9.17, 15) is 13.6 Å². The minimum Gasteiger partial charge on any atom is -0.282 e. The molecule has 0 amide bonds. The lowest BCUT2D eigenvalue weighted by Gasteiger charge is -2.12. The number of hydrogen-bond donors (Lipinski definition) is 0. The van der Waals surface area contributed by atoms with Crippen LogP contribution in [0.4, 0.5) is 8.78 Å². The molecule has 0 unspecified atom stereocenters. The van der Waals surface area contributed by atoms with E-state index in [1.54, 1.807) is 12.1 Å². The summed E-state index contributed by atoms with van der Waals surface area (Å²) in [6.07, 6.45) is 0.932. The highest BCUT2D eigenvalue weighted by Gasteiger charge is 2.24. The van der Waals surface area contributed by atoms with E-state index in [1.807, 2.05) is 18.2 Å². The number of alkyl halides is 2. The van der Waals surface area contributed by atoms with Gasteiger partial charge in [0, 0.05) is 24.2 Å². The highest BCUT2D eigenvalue weighted by molar-refractivity contribution is 8.14. The molecular weight excluding hydrogens is 254 g/mol. The van der Waals surface area contributed by atoms with Crippen molar-refractivity contribution in [1.82, 2.24) is 0 Å². The molecule has 1 aromatic rings. The van der Waals surface area contributed by atoms with E-state index in [4.69, 9.17) is 0 Å². The minimum atomic E-state index is -2.55. The minimum absolute atomic E-state index is 0.0119. The molecule has 0 fully saturated rings. The maximum Gasteiger partial charge on any atom is 0.247 e. The van der Waals surface area contributed by atoms with Crippen LogP contribution in [-0.4, -0.2) is 16.8 Å². The molecule has 0 saturated heterocycles. The molecule has 0 saturated carbocycles. The van der Waals surface area contributed by atoms with Crippen LogP contribution in [-0.2, 0) is 0 Å². The lowest BCUT2D eigenvalue weighted by Crippen LogP contribution is -2.13.